The average Bonchev–Trinajstić information content (AvgIpc) is 3.09. The summed E-state index contributed by atoms with van der Waals surface area (Å²) < 4.78 is 30.7. The van der Waals surface area contributed by atoms with E-state index in [1.807, 2.05) is 0 Å². The van der Waals surface area contributed by atoms with Crippen LogP contribution in [0.15, 0.2) is 18.2 Å². The van der Waals surface area contributed by atoms with Crippen LogP contribution in [0.4, 0.5) is 0 Å². The molecule has 1 saturated heterocycles. The average molecular weight is 395 g/mol. The first-order valence-electron chi connectivity index (χ1n) is 10.3. The summed E-state index contributed by atoms with van der Waals surface area (Å²) in [4.78, 5) is 2.60. The van der Waals surface area contributed by atoms with E-state index in [4.69, 9.17) is 4.74 Å². The van der Waals surface area contributed by atoms with Gasteiger partial charge in [0, 0.05) is 32.1 Å². The largest absolute Gasteiger partial charge is 0.493 e. The van der Waals surface area contributed by atoms with E-state index in [0.29, 0.717) is 25.0 Å². The predicted octanol–water partition coefficient (Wildman–Crippen LogP) is 2.94. The van der Waals surface area contributed by atoms with Crippen LogP contribution < -0.4 is 4.74 Å². The third-order valence-corrected chi connectivity index (χ3v) is 7.26. The molecule has 1 atom stereocenters. The van der Waals surface area contributed by atoms with Crippen molar-refractivity contribution in [2.75, 3.05) is 39.0 Å². The van der Waals surface area contributed by atoms with E-state index in [1.54, 1.807) is 4.31 Å². The smallest absolute Gasteiger partial charge is 0.211 e. The second-order valence-corrected chi connectivity index (χ2v) is 10.2. The number of hydrogen-bond acceptors (Lipinski definition) is 4. The highest BCUT2D eigenvalue weighted by Crippen LogP contribution is 2.27. The van der Waals surface area contributed by atoms with Gasteiger partial charge in [-0.1, -0.05) is 19.1 Å². The van der Waals surface area contributed by atoms with E-state index in [-0.39, 0.29) is 0 Å². The van der Waals surface area contributed by atoms with Gasteiger partial charge in [-0.05, 0) is 62.3 Å². The van der Waals surface area contributed by atoms with E-state index >= 15 is 0 Å². The quantitative estimate of drug-likeness (QED) is 0.680. The first kappa shape index (κ1) is 20.6. The SMILES string of the molecule is CCCN(CC1CCN(S(C)(=O)=O)CC1)C(C)Cc1ccc2c(c1)CCO2. The van der Waals surface area contributed by atoms with Crippen LogP contribution in [0.3, 0.4) is 0 Å². The standard InChI is InChI=1S/C21H34N2O3S/c1-4-10-22(16-18-7-11-23(12-8-18)27(3,24)25)17(2)14-19-5-6-21-20(15-19)9-13-26-21/h5-6,15,17-18H,4,7-14,16H2,1-3H3. The number of nitrogens with zero attached hydrogens (tertiary/aromatic N) is 2. The summed E-state index contributed by atoms with van der Waals surface area (Å²) in [5, 5.41) is 0. The lowest BCUT2D eigenvalue weighted by atomic mass is 9.95. The molecule has 2 heterocycles. The number of ether oxygens (including phenoxy) is 1. The summed E-state index contributed by atoms with van der Waals surface area (Å²) >= 11 is 0. The first-order chi connectivity index (χ1) is 12.9. The van der Waals surface area contributed by atoms with Crippen LogP contribution in [0.25, 0.3) is 0 Å². The lowest BCUT2D eigenvalue weighted by molar-refractivity contribution is 0.146. The Morgan fingerprint density at radius 2 is 2.04 bits per heavy atom. The van der Waals surface area contributed by atoms with Crippen molar-refractivity contribution in [3.8, 4) is 5.75 Å². The molecule has 0 radical (unpaired) electrons. The van der Waals surface area contributed by atoms with Gasteiger partial charge in [0.25, 0.3) is 0 Å². The fraction of sp³-hybridized carbons (Fsp3) is 0.714. The van der Waals surface area contributed by atoms with Gasteiger partial charge in [-0.2, -0.15) is 0 Å². The van der Waals surface area contributed by atoms with Crippen molar-refractivity contribution < 1.29 is 13.2 Å². The van der Waals surface area contributed by atoms with Crippen LogP contribution in [0.5, 0.6) is 5.75 Å². The number of hydrogen-bond donors (Lipinski definition) is 0. The molecule has 0 spiro atoms. The van der Waals surface area contributed by atoms with Crippen molar-refractivity contribution in [3.63, 3.8) is 0 Å². The van der Waals surface area contributed by atoms with Crippen LogP contribution in [-0.2, 0) is 22.9 Å². The summed E-state index contributed by atoms with van der Waals surface area (Å²) in [6, 6.07) is 7.12. The van der Waals surface area contributed by atoms with E-state index in [1.165, 1.54) is 17.4 Å². The van der Waals surface area contributed by atoms with Gasteiger partial charge in [-0.25, -0.2) is 12.7 Å². The highest BCUT2D eigenvalue weighted by atomic mass is 32.2. The Hall–Kier alpha value is -1.11. The molecule has 1 aromatic rings. The maximum atomic E-state index is 11.7. The second kappa shape index (κ2) is 8.93. The Bertz CT molecular complexity index is 727. The molecule has 1 unspecified atom stereocenters. The van der Waals surface area contributed by atoms with E-state index in [2.05, 4.69) is 36.9 Å². The third kappa shape index (κ3) is 5.46. The van der Waals surface area contributed by atoms with Gasteiger partial charge in [0.15, 0.2) is 0 Å². The number of benzene rings is 1. The van der Waals surface area contributed by atoms with Crippen molar-refractivity contribution in [2.45, 2.75) is 52.0 Å². The summed E-state index contributed by atoms with van der Waals surface area (Å²) in [6.07, 6.45) is 6.47. The molecule has 2 aliphatic heterocycles. The zero-order valence-electron chi connectivity index (χ0n) is 17.0. The van der Waals surface area contributed by atoms with Gasteiger partial charge in [-0.15, -0.1) is 0 Å². The minimum atomic E-state index is -3.04. The van der Waals surface area contributed by atoms with Crippen LogP contribution in [0.1, 0.15) is 44.2 Å². The monoisotopic (exact) mass is 394 g/mol. The Morgan fingerprint density at radius 1 is 1.30 bits per heavy atom. The number of piperidine rings is 1. The molecule has 0 saturated carbocycles. The predicted molar refractivity (Wildman–Crippen MR) is 110 cm³/mol. The molecule has 27 heavy (non-hydrogen) atoms. The molecule has 0 bridgehead atoms. The topological polar surface area (TPSA) is 49.9 Å². The maximum absolute atomic E-state index is 11.7. The Labute approximate surface area is 164 Å². The molecule has 0 amide bonds. The van der Waals surface area contributed by atoms with Gasteiger partial charge in [0.05, 0.1) is 12.9 Å². The fourth-order valence-electron chi connectivity index (χ4n) is 4.37. The number of rotatable bonds is 8. The van der Waals surface area contributed by atoms with Crippen molar-refractivity contribution in [1.29, 1.82) is 0 Å². The summed E-state index contributed by atoms with van der Waals surface area (Å²) in [6.45, 7) is 8.87. The third-order valence-electron chi connectivity index (χ3n) is 5.95. The first-order valence-corrected chi connectivity index (χ1v) is 12.2. The zero-order valence-corrected chi connectivity index (χ0v) is 17.8. The van der Waals surface area contributed by atoms with Gasteiger partial charge in [-0.3, -0.25) is 0 Å². The second-order valence-electron chi connectivity index (χ2n) is 8.19. The molecular weight excluding hydrogens is 360 g/mol. The number of sulfonamides is 1. The van der Waals surface area contributed by atoms with Gasteiger partial charge >= 0.3 is 0 Å². The molecule has 6 heteroatoms. The molecule has 0 aromatic heterocycles. The van der Waals surface area contributed by atoms with Crippen molar-refractivity contribution in [2.24, 2.45) is 5.92 Å². The van der Waals surface area contributed by atoms with Gasteiger partial charge in [0.1, 0.15) is 5.75 Å². The molecular formula is C21H34N2O3S. The number of fused-ring (bicyclic) bond motifs is 1. The molecule has 1 fully saturated rings. The highest BCUT2D eigenvalue weighted by molar-refractivity contribution is 7.88. The lowest BCUT2D eigenvalue weighted by Gasteiger charge is -2.36. The molecule has 2 aliphatic rings. The van der Waals surface area contributed by atoms with Crippen molar-refractivity contribution in [1.82, 2.24) is 9.21 Å². The Balaban J connectivity index is 1.56. The van der Waals surface area contributed by atoms with Gasteiger partial charge in [0.2, 0.25) is 10.0 Å². The van der Waals surface area contributed by atoms with Crippen LogP contribution in [-0.4, -0.2) is 62.7 Å². The Morgan fingerprint density at radius 3 is 2.70 bits per heavy atom. The normalized spacial score (nSPS) is 19.9. The minimum absolute atomic E-state index is 0.484. The molecule has 0 aliphatic carbocycles. The summed E-state index contributed by atoms with van der Waals surface area (Å²) in [5.74, 6) is 1.64. The molecule has 152 valence electrons. The van der Waals surface area contributed by atoms with Crippen LogP contribution in [0.2, 0.25) is 0 Å². The fourth-order valence-corrected chi connectivity index (χ4v) is 5.25. The maximum Gasteiger partial charge on any atom is 0.211 e. The summed E-state index contributed by atoms with van der Waals surface area (Å²) in [5.41, 5.74) is 2.73. The molecule has 1 aromatic carbocycles. The van der Waals surface area contributed by atoms with E-state index in [9.17, 15) is 8.42 Å². The highest BCUT2D eigenvalue weighted by Gasteiger charge is 2.27. The Kier molecular flexibility index (Phi) is 6.82. The summed E-state index contributed by atoms with van der Waals surface area (Å²) in [7, 11) is -3.04. The van der Waals surface area contributed by atoms with E-state index < -0.39 is 10.0 Å². The van der Waals surface area contributed by atoms with Crippen LogP contribution >= 0.6 is 0 Å². The minimum Gasteiger partial charge on any atom is -0.493 e. The van der Waals surface area contributed by atoms with Crippen molar-refractivity contribution >= 4 is 10.0 Å². The van der Waals surface area contributed by atoms with Crippen LogP contribution in [0, 0.1) is 5.92 Å². The molecule has 3 rings (SSSR count). The van der Waals surface area contributed by atoms with E-state index in [0.717, 1.165) is 57.6 Å². The molecule has 5 nitrogen and oxygen atoms in total. The zero-order chi connectivity index (χ0) is 19.4. The van der Waals surface area contributed by atoms with Gasteiger partial charge < -0.3 is 9.64 Å². The lowest BCUT2D eigenvalue weighted by Crippen LogP contribution is -2.44. The van der Waals surface area contributed by atoms with Crippen molar-refractivity contribution in [3.05, 3.63) is 29.3 Å². The molecule has 0 N–H and O–H groups in total.